The lowest BCUT2D eigenvalue weighted by atomic mass is 9.74. The van der Waals surface area contributed by atoms with Gasteiger partial charge in [-0.2, -0.15) is 0 Å². The molecule has 0 bridgehead atoms. The fraction of sp³-hybridized carbons (Fsp3) is 0.200. The standard InChI is InChI=1S/C45H43N/c1-5-8-14-29-46-42(18-7-3)37(17-6-2)39-31-33(27-28-43(39)46)32-19-15-20-34(30-32)36-24-16-26-41-44(36)38-23-12-13-25-40(38)45(41,4)35-21-10-9-11-22-35/h6-7,9-13,15-28,30-31H,5,8,14,29H2,1-4H3/b17-6-,18-7-. The number of allylic oxidation sites excluding steroid dienone is 2. The fourth-order valence-electron chi connectivity index (χ4n) is 7.75. The first-order valence-corrected chi connectivity index (χ1v) is 16.9. The summed E-state index contributed by atoms with van der Waals surface area (Å²) >= 11 is 0. The summed E-state index contributed by atoms with van der Waals surface area (Å²) in [4.78, 5) is 0. The smallest absolute Gasteiger partial charge is 0.0491 e. The minimum Gasteiger partial charge on any atom is -0.340 e. The molecule has 0 fully saturated rings. The van der Waals surface area contributed by atoms with Gasteiger partial charge < -0.3 is 4.57 Å². The summed E-state index contributed by atoms with van der Waals surface area (Å²) in [5.41, 5.74) is 15.5. The molecule has 1 aromatic heterocycles. The van der Waals surface area contributed by atoms with Gasteiger partial charge in [0, 0.05) is 34.1 Å². The van der Waals surface area contributed by atoms with Crippen molar-refractivity contribution in [1.82, 2.24) is 4.57 Å². The third kappa shape index (κ3) is 4.86. The molecule has 0 amide bonds. The summed E-state index contributed by atoms with van der Waals surface area (Å²) in [5.74, 6) is 0. The van der Waals surface area contributed by atoms with Crippen LogP contribution in [0.5, 0.6) is 0 Å². The van der Waals surface area contributed by atoms with E-state index in [1.54, 1.807) is 0 Å². The van der Waals surface area contributed by atoms with Crippen LogP contribution >= 0.6 is 0 Å². The Morgan fingerprint density at radius 1 is 0.630 bits per heavy atom. The quantitative estimate of drug-likeness (QED) is 0.146. The second-order valence-electron chi connectivity index (χ2n) is 12.7. The van der Waals surface area contributed by atoms with E-state index in [0.29, 0.717) is 0 Å². The maximum atomic E-state index is 2.52. The summed E-state index contributed by atoms with van der Waals surface area (Å²) in [5, 5.41) is 1.32. The minimum absolute atomic E-state index is 0.204. The Labute approximate surface area is 274 Å². The van der Waals surface area contributed by atoms with E-state index < -0.39 is 0 Å². The van der Waals surface area contributed by atoms with Crippen LogP contribution in [-0.2, 0) is 12.0 Å². The van der Waals surface area contributed by atoms with Gasteiger partial charge in [0.2, 0.25) is 0 Å². The number of hydrogen-bond donors (Lipinski definition) is 0. The van der Waals surface area contributed by atoms with Crippen LogP contribution in [-0.4, -0.2) is 4.57 Å². The summed E-state index contributed by atoms with van der Waals surface area (Å²) in [6.45, 7) is 9.94. The monoisotopic (exact) mass is 597 g/mol. The molecule has 1 aliphatic rings. The molecule has 1 unspecified atom stereocenters. The van der Waals surface area contributed by atoms with E-state index in [1.165, 1.54) is 91.5 Å². The number of fused-ring (bicyclic) bond motifs is 4. The first kappa shape index (κ1) is 29.8. The zero-order chi connectivity index (χ0) is 31.7. The lowest BCUT2D eigenvalue weighted by Gasteiger charge is -2.28. The van der Waals surface area contributed by atoms with Crippen LogP contribution < -0.4 is 0 Å². The Morgan fingerprint density at radius 3 is 2.13 bits per heavy atom. The second-order valence-corrected chi connectivity index (χ2v) is 12.7. The van der Waals surface area contributed by atoms with Crippen molar-refractivity contribution in [2.45, 2.75) is 58.9 Å². The predicted molar refractivity (Wildman–Crippen MR) is 199 cm³/mol. The molecular formula is C45H43N. The molecule has 1 heterocycles. The van der Waals surface area contributed by atoms with Crippen molar-refractivity contribution in [1.29, 1.82) is 0 Å². The number of aromatic nitrogens is 1. The first-order valence-electron chi connectivity index (χ1n) is 16.9. The Kier molecular flexibility index (Phi) is 8.09. The number of rotatable bonds is 9. The Morgan fingerprint density at radius 2 is 1.33 bits per heavy atom. The van der Waals surface area contributed by atoms with Crippen LogP contribution in [0.25, 0.3) is 56.4 Å². The van der Waals surface area contributed by atoms with Crippen molar-refractivity contribution < 1.29 is 0 Å². The first-order chi connectivity index (χ1) is 22.6. The van der Waals surface area contributed by atoms with E-state index in [4.69, 9.17) is 0 Å². The highest BCUT2D eigenvalue weighted by molar-refractivity contribution is 5.98. The van der Waals surface area contributed by atoms with Crippen LogP contribution in [0.3, 0.4) is 0 Å². The lowest BCUT2D eigenvalue weighted by Crippen LogP contribution is -2.22. The lowest BCUT2D eigenvalue weighted by molar-refractivity contribution is 0.613. The van der Waals surface area contributed by atoms with E-state index >= 15 is 0 Å². The molecule has 228 valence electrons. The van der Waals surface area contributed by atoms with Gasteiger partial charge in [0.05, 0.1) is 0 Å². The zero-order valence-corrected chi connectivity index (χ0v) is 27.6. The van der Waals surface area contributed by atoms with Gasteiger partial charge in [0.15, 0.2) is 0 Å². The van der Waals surface area contributed by atoms with E-state index in [0.717, 1.165) is 6.54 Å². The average molecular weight is 598 g/mol. The number of hydrogen-bond acceptors (Lipinski definition) is 0. The van der Waals surface area contributed by atoms with Crippen molar-refractivity contribution in [3.05, 3.63) is 155 Å². The van der Waals surface area contributed by atoms with E-state index in [2.05, 4.69) is 172 Å². The molecule has 0 aliphatic heterocycles. The van der Waals surface area contributed by atoms with Gasteiger partial charge in [-0.25, -0.2) is 0 Å². The second kappa shape index (κ2) is 12.5. The topological polar surface area (TPSA) is 4.93 Å². The average Bonchev–Trinajstić information content (AvgIpc) is 3.54. The maximum absolute atomic E-state index is 2.52. The zero-order valence-electron chi connectivity index (χ0n) is 27.6. The van der Waals surface area contributed by atoms with Crippen molar-refractivity contribution in [2.24, 2.45) is 0 Å². The van der Waals surface area contributed by atoms with Gasteiger partial charge in [-0.15, -0.1) is 0 Å². The molecular weight excluding hydrogens is 555 g/mol. The van der Waals surface area contributed by atoms with Crippen LogP contribution in [0.15, 0.2) is 127 Å². The predicted octanol–water partition coefficient (Wildman–Crippen LogP) is 12.6. The Balaban J connectivity index is 1.37. The van der Waals surface area contributed by atoms with Gasteiger partial charge in [0.1, 0.15) is 0 Å². The number of benzene rings is 5. The SMILES string of the molecule is C/C=C\c1c(/C=C\C)n(CCCCC)c2ccc(-c3cccc(-c4cccc5c4-c4ccccc4C5(C)c4ccccc4)c3)cc12. The maximum Gasteiger partial charge on any atom is 0.0491 e. The third-order valence-corrected chi connectivity index (χ3v) is 9.98. The molecule has 1 atom stereocenters. The Hall–Kier alpha value is -4.88. The van der Waals surface area contributed by atoms with Crippen molar-refractivity contribution in [3.63, 3.8) is 0 Å². The number of unbranched alkanes of at least 4 members (excludes halogenated alkanes) is 2. The van der Waals surface area contributed by atoms with Crippen LogP contribution in [0, 0.1) is 0 Å². The molecule has 0 saturated carbocycles. The van der Waals surface area contributed by atoms with Crippen LogP contribution in [0.4, 0.5) is 0 Å². The largest absolute Gasteiger partial charge is 0.340 e. The van der Waals surface area contributed by atoms with E-state index in [9.17, 15) is 0 Å². The van der Waals surface area contributed by atoms with Crippen LogP contribution in [0.2, 0.25) is 0 Å². The number of nitrogens with zero attached hydrogens (tertiary/aromatic N) is 1. The highest BCUT2D eigenvalue weighted by Gasteiger charge is 2.41. The van der Waals surface area contributed by atoms with Crippen molar-refractivity contribution in [3.8, 4) is 33.4 Å². The molecule has 5 aromatic carbocycles. The molecule has 0 N–H and O–H groups in total. The Bertz CT molecular complexity index is 2090. The molecule has 6 aromatic rings. The molecule has 1 nitrogen and oxygen atoms in total. The highest BCUT2D eigenvalue weighted by atomic mass is 15.0. The molecule has 1 heteroatoms. The van der Waals surface area contributed by atoms with Gasteiger partial charge in [0.25, 0.3) is 0 Å². The van der Waals surface area contributed by atoms with Gasteiger partial charge in [-0.05, 0) is 102 Å². The van der Waals surface area contributed by atoms with E-state index in [-0.39, 0.29) is 5.41 Å². The number of aryl methyl sites for hydroxylation is 1. The van der Waals surface area contributed by atoms with Crippen LogP contribution in [0.1, 0.15) is 74.9 Å². The summed E-state index contributed by atoms with van der Waals surface area (Å²) in [7, 11) is 0. The molecule has 0 saturated heterocycles. The molecule has 46 heavy (non-hydrogen) atoms. The molecule has 0 radical (unpaired) electrons. The van der Waals surface area contributed by atoms with Gasteiger partial charge >= 0.3 is 0 Å². The summed E-state index contributed by atoms with van der Waals surface area (Å²) in [6.07, 6.45) is 12.6. The van der Waals surface area contributed by atoms with E-state index in [1.807, 2.05) is 0 Å². The van der Waals surface area contributed by atoms with Crippen molar-refractivity contribution >= 4 is 23.1 Å². The highest BCUT2D eigenvalue weighted by Crippen LogP contribution is 2.55. The van der Waals surface area contributed by atoms with Gasteiger partial charge in [-0.1, -0.05) is 135 Å². The summed E-state index contributed by atoms with van der Waals surface area (Å²) in [6, 6.07) is 43.0. The molecule has 0 spiro atoms. The molecule has 1 aliphatic carbocycles. The summed E-state index contributed by atoms with van der Waals surface area (Å²) < 4.78 is 2.52. The van der Waals surface area contributed by atoms with Gasteiger partial charge in [-0.3, -0.25) is 0 Å². The fourth-order valence-corrected chi connectivity index (χ4v) is 7.75. The normalized spacial score (nSPS) is 15.7. The third-order valence-electron chi connectivity index (χ3n) is 9.98. The van der Waals surface area contributed by atoms with Crippen molar-refractivity contribution in [2.75, 3.05) is 0 Å². The minimum atomic E-state index is -0.204. The molecule has 7 rings (SSSR count).